The molecule has 31 heavy (non-hydrogen) atoms. The largest absolute Gasteiger partial charge is 0.468 e. The lowest BCUT2D eigenvalue weighted by molar-refractivity contribution is 0.0939. The van der Waals surface area contributed by atoms with Crippen LogP contribution >= 0.6 is 0 Å². The molecule has 0 unspecified atom stereocenters. The number of rotatable bonds is 7. The Morgan fingerprint density at radius 1 is 1.13 bits per heavy atom. The molecule has 1 atom stereocenters. The van der Waals surface area contributed by atoms with E-state index in [0.717, 1.165) is 11.3 Å². The molecule has 0 spiro atoms. The summed E-state index contributed by atoms with van der Waals surface area (Å²) in [5.74, 6) is 0.409. The highest BCUT2D eigenvalue weighted by Crippen LogP contribution is 2.32. The van der Waals surface area contributed by atoms with Gasteiger partial charge in [0.05, 0.1) is 22.9 Å². The smallest absolute Gasteiger partial charge is 0.264 e. The van der Waals surface area contributed by atoms with Crippen molar-refractivity contribution < 1.29 is 17.6 Å². The summed E-state index contributed by atoms with van der Waals surface area (Å²) < 4.78 is 33.4. The number of anilines is 1. The quantitative estimate of drug-likeness (QED) is 0.612. The molecule has 4 rings (SSSR count). The van der Waals surface area contributed by atoms with Gasteiger partial charge in [-0.3, -0.25) is 14.0 Å². The molecule has 162 valence electrons. The van der Waals surface area contributed by atoms with Gasteiger partial charge in [-0.2, -0.15) is 0 Å². The summed E-state index contributed by atoms with van der Waals surface area (Å²) in [6, 6.07) is 17.2. The number of benzene rings is 2. The van der Waals surface area contributed by atoms with Gasteiger partial charge in [-0.25, -0.2) is 8.42 Å². The van der Waals surface area contributed by atoms with Crippen molar-refractivity contribution in [1.29, 1.82) is 0 Å². The molecule has 0 bridgehead atoms. The van der Waals surface area contributed by atoms with Gasteiger partial charge in [0.25, 0.3) is 15.9 Å². The molecule has 1 aliphatic rings. The molecule has 1 aliphatic heterocycles. The zero-order valence-electron chi connectivity index (χ0n) is 17.5. The van der Waals surface area contributed by atoms with Crippen molar-refractivity contribution >= 4 is 21.6 Å². The Morgan fingerprint density at radius 2 is 1.94 bits per heavy atom. The number of likely N-dealkylation sites (N-methyl/N-ethyl adjacent to an activating group) is 1. The molecule has 3 aromatic rings. The fourth-order valence-electron chi connectivity index (χ4n) is 3.79. The molecule has 1 amide bonds. The predicted octanol–water partition coefficient (Wildman–Crippen LogP) is 3.06. The average Bonchev–Trinajstić information content (AvgIpc) is 3.44. The molecular formula is C23H25N3O4S. The first-order valence-electron chi connectivity index (χ1n) is 10.1. The van der Waals surface area contributed by atoms with E-state index < -0.39 is 10.0 Å². The summed E-state index contributed by atoms with van der Waals surface area (Å²) in [6.45, 7) is 0.724. The number of furan rings is 1. The fraction of sp³-hybridized carbons (Fsp3) is 0.261. The Labute approximate surface area is 182 Å². The van der Waals surface area contributed by atoms with Crippen molar-refractivity contribution in [2.75, 3.05) is 31.5 Å². The number of fused-ring (bicyclic) bond motifs is 1. The Hall–Kier alpha value is -3.10. The number of amides is 1. The summed E-state index contributed by atoms with van der Waals surface area (Å²) >= 11 is 0. The number of nitrogens with one attached hydrogen (secondary N) is 1. The van der Waals surface area contributed by atoms with Gasteiger partial charge in [0, 0.05) is 18.7 Å². The van der Waals surface area contributed by atoms with Gasteiger partial charge in [0.15, 0.2) is 0 Å². The maximum absolute atomic E-state index is 13.3. The topological polar surface area (TPSA) is 82.9 Å². The van der Waals surface area contributed by atoms with Crippen LogP contribution in [0.5, 0.6) is 0 Å². The van der Waals surface area contributed by atoms with Crippen LogP contribution in [-0.2, 0) is 16.4 Å². The summed E-state index contributed by atoms with van der Waals surface area (Å²) in [6.07, 6.45) is 2.27. The summed E-state index contributed by atoms with van der Waals surface area (Å²) in [7, 11) is 0.0482. The molecule has 7 nitrogen and oxygen atoms in total. The minimum atomic E-state index is -3.76. The Balaban J connectivity index is 1.52. The minimum absolute atomic E-state index is 0.104. The van der Waals surface area contributed by atoms with Crippen LogP contribution < -0.4 is 9.62 Å². The van der Waals surface area contributed by atoms with Crippen LogP contribution in [0.15, 0.2) is 76.2 Å². The predicted molar refractivity (Wildman–Crippen MR) is 119 cm³/mol. The molecule has 0 aliphatic carbocycles. The second kappa shape index (κ2) is 8.56. The van der Waals surface area contributed by atoms with E-state index in [9.17, 15) is 13.2 Å². The third-order valence-corrected chi connectivity index (χ3v) is 7.29. The van der Waals surface area contributed by atoms with Gasteiger partial charge in [0.1, 0.15) is 5.76 Å². The number of hydrogen-bond acceptors (Lipinski definition) is 5. The van der Waals surface area contributed by atoms with Gasteiger partial charge in [-0.1, -0.05) is 24.3 Å². The zero-order valence-corrected chi connectivity index (χ0v) is 18.3. The van der Waals surface area contributed by atoms with Gasteiger partial charge in [0.2, 0.25) is 0 Å². The first-order valence-corrected chi connectivity index (χ1v) is 11.5. The Kier molecular flexibility index (Phi) is 5.84. The van der Waals surface area contributed by atoms with E-state index in [4.69, 9.17) is 4.42 Å². The molecule has 0 radical (unpaired) electrons. The lowest BCUT2D eigenvalue weighted by Crippen LogP contribution is -2.34. The number of sulfonamides is 1. The molecule has 8 heteroatoms. The first kappa shape index (κ1) is 21.1. The number of nitrogens with zero attached hydrogens (tertiary/aromatic N) is 2. The van der Waals surface area contributed by atoms with Crippen molar-refractivity contribution in [2.24, 2.45) is 0 Å². The fourth-order valence-corrected chi connectivity index (χ4v) is 5.34. The number of carbonyl (C=O) groups excluding carboxylic acids is 1. The van der Waals surface area contributed by atoms with E-state index in [1.165, 1.54) is 16.4 Å². The van der Waals surface area contributed by atoms with Crippen LogP contribution in [-0.4, -0.2) is 46.4 Å². The summed E-state index contributed by atoms with van der Waals surface area (Å²) in [4.78, 5) is 14.8. The lowest BCUT2D eigenvalue weighted by atomic mass is 10.2. The first-order chi connectivity index (χ1) is 14.9. The summed E-state index contributed by atoms with van der Waals surface area (Å²) in [5.41, 5.74) is 2.00. The molecule has 0 saturated heterocycles. The standard InChI is InChI=1S/C23H25N3O4S/c1-25(2)21(22-11-6-14-30-22)16-24-23(27)18-8-5-9-19(15-18)31(28,29)26-13-12-17-7-3-4-10-20(17)26/h3-11,14-15,21H,12-13,16H2,1-2H3,(H,24,27)/t21-/m1/s1. The molecule has 0 fully saturated rings. The maximum Gasteiger partial charge on any atom is 0.264 e. The molecular weight excluding hydrogens is 414 g/mol. The number of para-hydroxylation sites is 1. The van der Waals surface area contributed by atoms with Crippen molar-refractivity contribution in [3.63, 3.8) is 0 Å². The van der Waals surface area contributed by atoms with Crippen LogP contribution in [0.3, 0.4) is 0 Å². The van der Waals surface area contributed by atoms with Crippen LogP contribution in [0.4, 0.5) is 5.69 Å². The Bertz CT molecular complexity index is 1170. The second-order valence-electron chi connectivity index (χ2n) is 7.69. The highest BCUT2D eigenvalue weighted by Gasteiger charge is 2.31. The molecule has 1 aromatic heterocycles. The van der Waals surface area contributed by atoms with E-state index in [-0.39, 0.29) is 16.8 Å². The molecule has 2 aromatic carbocycles. The molecule has 2 heterocycles. The SMILES string of the molecule is CN(C)[C@H](CNC(=O)c1cccc(S(=O)(=O)N2CCc3ccccc32)c1)c1ccco1. The van der Waals surface area contributed by atoms with Crippen molar-refractivity contribution in [1.82, 2.24) is 10.2 Å². The van der Waals surface area contributed by atoms with E-state index in [1.807, 2.05) is 49.3 Å². The van der Waals surface area contributed by atoms with Gasteiger partial charge < -0.3 is 9.73 Å². The Morgan fingerprint density at radius 3 is 2.68 bits per heavy atom. The highest BCUT2D eigenvalue weighted by atomic mass is 32.2. The van der Waals surface area contributed by atoms with Crippen molar-refractivity contribution in [2.45, 2.75) is 17.4 Å². The van der Waals surface area contributed by atoms with E-state index in [0.29, 0.717) is 30.8 Å². The van der Waals surface area contributed by atoms with Gasteiger partial charge in [-0.15, -0.1) is 0 Å². The van der Waals surface area contributed by atoms with Crippen LogP contribution in [0, 0.1) is 0 Å². The van der Waals surface area contributed by atoms with Crippen LogP contribution in [0.1, 0.15) is 27.7 Å². The van der Waals surface area contributed by atoms with E-state index in [1.54, 1.807) is 24.5 Å². The van der Waals surface area contributed by atoms with Gasteiger partial charge in [-0.05, 0) is 62.5 Å². The van der Waals surface area contributed by atoms with E-state index >= 15 is 0 Å². The normalized spacial score (nSPS) is 14.5. The van der Waals surface area contributed by atoms with Crippen LogP contribution in [0.2, 0.25) is 0 Å². The third kappa shape index (κ3) is 4.22. The molecule has 0 saturated carbocycles. The molecule has 1 N–H and O–H groups in total. The van der Waals surface area contributed by atoms with Crippen molar-refractivity contribution in [3.8, 4) is 0 Å². The zero-order chi connectivity index (χ0) is 22.0. The van der Waals surface area contributed by atoms with Crippen LogP contribution in [0.25, 0.3) is 0 Å². The van der Waals surface area contributed by atoms with Crippen molar-refractivity contribution in [3.05, 3.63) is 83.8 Å². The van der Waals surface area contributed by atoms with E-state index in [2.05, 4.69) is 5.32 Å². The average molecular weight is 440 g/mol. The summed E-state index contributed by atoms with van der Waals surface area (Å²) in [5, 5.41) is 2.88. The monoisotopic (exact) mass is 439 g/mol. The minimum Gasteiger partial charge on any atom is -0.468 e. The third-order valence-electron chi connectivity index (χ3n) is 5.48. The van der Waals surface area contributed by atoms with Gasteiger partial charge >= 0.3 is 0 Å². The second-order valence-corrected chi connectivity index (χ2v) is 9.55. The lowest BCUT2D eigenvalue weighted by Gasteiger charge is -2.23. The number of hydrogen-bond donors (Lipinski definition) is 1. The number of carbonyl (C=O) groups is 1. The highest BCUT2D eigenvalue weighted by molar-refractivity contribution is 7.92. The maximum atomic E-state index is 13.3.